The van der Waals surface area contributed by atoms with E-state index in [1.807, 2.05) is 0 Å². The number of nitrogens with zero attached hydrogens (tertiary/aromatic N) is 1. The number of benzene rings is 1. The normalized spacial score (nSPS) is 10.8. The summed E-state index contributed by atoms with van der Waals surface area (Å²) in [6.45, 7) is -0.891. The van der Waals surface area contributed by atoms with E-state index >= 15 is 0 Å². The lowest BCUT2D eigenvalue weighted by atomic mass is 10.2. The van der Waals surface area contributed by atoms with E-state index in [1.54, 1.807) is 25.3 Å². The van der Waals surface area contributed by atoms with Gasteiger partial charge in [-0.3, -0.25) is 0 Å². The number of aliphatic hydroxyl groups is 1. The molecular weight excluding hydrogens is 288 g/mol. The van der Waals surface area contributed by atoms with Gasteiger partial charge in [0, 0.05) is 11.8 Å². The first kappa shape index (κ1) is 14.7. The van der Waals surface area contributed by atoms with Gasteiger partial charge in [-0.1, -0.05) is 0 Å². The van der Waals surface area contributed by atoms with E-state index < -0.39 is 6.61 Å². The van der Waals surface area contributed by atoms with Crippen LogP contribution >= 0.6 is 11.3 Å². The molecule has 0 saturated heterocycles. The molecule has 0 aliphatic rings. The third kappa shape index (κ3) is 3.43. The lowest BCUT2D eigenvalue weighted by molar-refractivity contribution is -0.0514. The van der Waals surface area contributed by atoms with Gasteiger partial charge in [-0.25, -0.2) is 4.98 Å². The number of hydrogen-bond donors (Lipinski definition) is 1. The summed E-state index contributed by atoms with van der Waals surface area (Å²) < 4.78 is 34.3. The van der Waals surface area contributed by atoms with Crippen LogP contribution in [0.1, 0.15) is 11.8 Å². The van der Waals surface area contributed by atoms with Crippen molar-refractivity contribution in [3.05, 3.63) is 29.3 Å². The Bertz CT molecular complexity index is 574. The van der Waals surface area contributed by atoms with E-state index in [2.05, 4.69) is 9.72 Å². The highest BCUT2D eigenvalue weighted by atomic mass is 32.1. The monoisotopic (exact) mass is 301 g/mol. The number of thiazole rings is 1. The molecule has 1 N–H and O–H groups in total. The van der Waals surface area contributed by atoms with Crippen molar-refractivity contribution in [2.24, 2.45) is 0 Å². The van der Waals surface area contributed by atoms with Crippen molar-refractivity contribution in [2.75, 3.05) is 6.61 Å². The van der Waals surface area contributed by atoms with Crippen LogP contribution in [0.5, 0.6) is 11.5 Å². The van der Waals surface area contributed by atoms with Crippen LogP contribution in [0.3, 0.4) is 0 Å². The van der Waals surface area contributed by atoms with Crippen molar-refractivity contribution in [3.63, 3.8) is 0 Å². The molecule has 0 spiro atoms. The van der Waals surface area contributed by atoms with Gasteiger partial charge >= 0.3 is 6.61 Å². The van der Waals surface area contributed by atoms with E-state index in [1.165, 1.54) is 17.4 Å². The fourth-order valence-corrected chi connectivity index (χ4v) is 2.39. The average Bonchev–Trinajstić information content (AvgIpc) is 2.89. The van der Waals surface area contributed by atoms with Gasteiger partial charge in [-0.2, -0.15) is 8.78 Å². The van der Waals surface area contributed by atoms with Crippen LogP contribution in [0, 0.1) is 0 Å². The fraction of sp³-hybridized carbons (Fsp3) is 0.308. The molecule has 2 aromatic rings. The maximum atomic E-state index is 12.3. The Labute approximate surface area is 118 Å². The summed E-state index contributed by atoms with van der Waals surface area (Å²) in [5.41, 5.74) is 0.722. The summed E-state index contributed by atoms with van der Waals surface area (Å²) in [7, 11) is 0. The standard InChI is InChI=1S/C13H13F2NO3S/c1-2-18-11-5-8(3-4-10(11)19-13(14)15)12-16-6-9(7-17)20-12/h3-6,13,17H,2,7H2,1H3. The molecule has 1 heterocycles. The summed E-state index contributed by atoms with van der Waals surface area (Å²) >= 11 is 1.33. The van der Waals surface area contributed by atoms with Crippen LogP contribution in [0.15, 0.2) is 24.4 Å². The van der Waals surface area contributed by atoms with E-state index in [9.17, 15) is 8.78 Å². The zero-order chi connectivity index (χ0) is 14.5. The number of rotatable bonds is 6. The molecule has 0 fully saturated rings. The van der Waals surface area contributed by atoms with Gasteiger partial charge in [0.1, 0.15) is 5.01 Å². The molecule has 0 bridgehead atoms. The minimum atomic E-state index is -2.90. The maximum Gasteiger partial charge on any atom is 0.387 e. The number of halogens is 2. The van der Waals surface area contributed by atoms with E-state index in [0.717, 1.165) is 10.4 Å². The minimum absolute atomic E-state index is 0.00969. The van der Waals surface area contributed by atoms with E-state index in [0.29, 0.717) is 11.6 Å². The van der Waals surface area contributed by atoms with Crippen LogP contribution in [0.2, 0.25) is 0 Å². The molecular formula is C13H13F2NO3S. The zero-order valence-electron chi connectivity index (χ0n) is 10.7. The van der Waals surface area contributed by atoms with Gasteiger partial charge in [0.15, 0.2) is 11.5 Å². The summed E-state index contributed by atoms with van der Waals surface area (Å²) in [6, 6.07) is 4.65. The Balaban J connectivity index is 2.33. The van der Waals surface area contributed by atoms with Crippen LogP contribution < -0.4 is 9.47 Å². The Hall–Kier alpha value is -1.73. The molecule has 108 valence electrons. The van der Waals surface area contributed by atoms with Crippen LogP contribution in [0.25, 0.3) is 10.6 Å². The third-order valence-corrected chi connectivity index (χ3v) is 3.45. The minimum Gasteiger partial charge on any atom is -0.490 e. The summed E-state index contributed by atoms with van der Waals surface area (Å²) in [5, 5.41) is 9.70. The largest absolute Gasteiger partial charge is 0.490 e. The van der Waals surface area contributed by atoms with Gasteiger partial charge in [0.05, 0.1) is 18.1 Å². The Morgan fingerprint density at radius 2 is 2.15 bits per heavy atom. The molecule has 0 atom stereocenters. The first-order chi connectivity index (χ1) is 9.63. The lowest BCUT2D eigenvalue weighted by Crippen LogP contribution is -2.04. The Morgan fingerprint density at radius 1 is 1.35 bits per heavy atom. The second-order valence-electron chi connectivity index (χ2n) is 3.76. The van der Waals surface area contributed by atoms with Gasteiger partial charge < -0.3 is 14.6 Å². The Kier molecular flexibility index (Phi) is 4.86. The van der Waals surface area contributed by atoms with Gasteiger partial charge in [-0.15, -0.1) is 11.3 Å². The van der Waals surface area contributed by atoms with Crippen LogP contribution in [-0.2, 0) is 6.61 Å². The molecule has 0 aliphatic heterocycles. The highest BCUT2D eigenvalue weighted by molar-refractivity contribution is 7.15. The van der Waals surface area contributed by atoms with Crippen molar-refractivity contribution in [3.8, 4) is 22.1 Å². The van der Waals surface area contributed by atoms with Crippen LogP contribution in [-0.4, -0.2) is 23.3 Å². The molecule has 20 heavy (non-hydrogen) atoms. The summed E-state index contributed by atoms with van der Waals surface area (Å²) in [4.78, 5) is 4.89. The molecule has 0 amide bonds. The molecule has 4 nitrogen and oxygen atoms in total. The topological polar surface area (TPSA) is 51.6 Å². The van der Waals surface area contributed by atoms with Crippen molar-refractivity contribution in [2.45, 2.75) is 20.1 Å². The zero-order valence-corrected chi connectivity index (χ0v) is 11.5. The number of hydrogen-bond acceptors (Lipinski definition) is 5. The highest BCUT2D eigenvalue weighted by Crippen LogP contribution is 2.35. The first-order valence-electron chi connectivity index (χ1n) is 5.91. The lowest BCUT2D eigenvalue weighted by Gasteiger charge is -2.11. The maximum absolute atomic E-state index is 12.3. The predicted octanol–water partition coefficient (Wildman–Crippen LogP) is 3.30. The van der Waals surface area contributed by atoms with E-state index in [-0.39, 0.29) is 18.1 Å². The second-order valence-corrected chi connectivity index (χ2v) is 4.88. The molecule has 1 aromatic heterocycles. The number of aromatic nitrogens is 1. The quantitative estimate of drug-likeness (QED) is 0.889. The smallest absolute Gasteiger partial charge is 0.387 e. The van der Waals surface area contributed by atoms with Crippen molar-refractivity contribution < 1.29 is 23.4 Å². The van der Waals surface area contributed by atoms with Crippen molar-refractivity contribution in [1.29, 1.82) is 0 Å². The van der Waals surface area contributed by atoms with Gasteiger partial charge in [-0.05, 0) is 25.1 Å². The van der Waals surface area contributed by atoms with Gasteiger partial charge in [0.2, 0.25) is 0 Å². The SMILES string of the molecule is CCOc1cc(-c2ncc(CO)s2)ccc1OC(F)F. The highest BCUT2D eigenvalue weighted by Gasteiger charge is 2.13. The Morgan fingerprint density at radius 3 is 2.75 bits per heavy atom. The number of alkyl halides is 2. The molecule has 7 heteroatoms. The average molecular weight is 301 g/mol. The molecule has 0 saturated carbocycles. The third-order valence-electron chi connectivity index (χ3n) is 2.42. The summed E-state index contributed by atoms with van der Waals surface area (Å²) in [6.07, 6.45) is 1.57. The number of ether oxygens (including phenoxy) is 2. The van der Waals surface area contributed by atoms with Crippen molar-refractivity contribution >= 4 is 11.3 Å². The number of aliphatic hydroxyl groups excluding tert-OH is 1. The summed E-state index contributed by atoms with van der Waals surface area (Å²) in [5.74, 6) is 0.232. The van der Waals surface area contributed by atoms with E-state index in [4.69, 9.17) is 9.84 Å². The molecule has 0 unspecified atom stereocenters. The van der Waals surface area contributed by atoms with Crippen LogP contribution in [0.4, 0.5) is 8.78 Å². The first-order valence-corrected chi connectivity index (χ1v) is 6.73. The fourth-order valence-electron chi connectivity index (χ4n) is 1.62. The van der Waals surface area contributed by atoms with Crippen molar-refractivity contribution in [1.82, 2.24) is 4.98 Å². The predicted molar refractivity (Wildman–Crippen MR) is 71.3 cm³/mol. The second kappa shape index (κ2) is 6.62. The molecule has 0 radical (unpaired) electrons. The van der Waals surface area contributed by atoms with Gasteiger partial charge in [0.25, 0.3) is 0 Å². The molecule has 0 aliphatic carbocycles. The molecule has 1 aromatic carbocycles. The molecule has 2 rings (SSSR count).